The van der Waals surface area contributed by atoms with Crippen molar-refractivity contribution in [3.8, 4) is 0 Å². The maximum absolute atomic E-state index is 8.25. The second-order valence-corrected chi connectivity index (χ2v) is 2.28. The zero-order chi connectivity index (χ0) is 5.86. The lowest BCUT2D eigenvalue weighted by atomic mass is 10.7. The van der Waals surface area contributed by atoms with Gasteiger partial charge in [-0.15, -0.1) is 6.58 Å². The molecule has 4 heteroatoms. The van der Waals surface area contributed by atoms with Gasteiger partial charge in [-0.05, 0) is 0 Å². The maximum atomic E-state index is 8.25. The number of hydrogen-bond acceptors (Lipinski definition) is 3. The lowest BCUT2D eigenvalue weighted by Gasteiger charge is -2.04. The van der Waals surface area contributed by atoms with Crippen LogP contribution in [0.15, 0.2) is 12.7 Å². The summed E-state index contributed by atoms with van der Waals surface area (Å²) >= 11 is 0. The van der Waals surface area contributed by atoms with E-state index in [4.69, 9.17) is 15.5 Å². The fourth-order valence-electron chi connectivity index (χ4n) is 0.0943. The van der Waals surface area contributed by atoms with Gasteiger partial charge in [-0.3, -0.25) is 0 Å². The highest BCUT2D eigenvalue weighted by molar-refractivity contribution is 7.46. The molecule has 1 atom stereocenters. The van der Waals surface area contributed by atoms with Gasteiger partial charge in [0.05, 0.1) is 5.78 Å². The summed E-state index contributed by atoms with van der Waals surface area (Å²) in [5.41, 5.74) is 5.03. The summed E-state index contributed by atoms with van der Waals surface area (Å²) in [5.74, 6) is -0.657. The summed E-state index contributed by atoms with van der Waals surface area (Å²) in [6.45, 7) is 3.25. The molecule has 0 saturated heterocycles. The summed E-state index contributed by atoms with van der Waals surface area (Å²) in [6.07, 6.45) is 1.30. The van der Waals surface area contributed by atoms with Crippen LogP contribution >= 0.6 is 8.38 Å². The fourth-order valence-corrected chi connectivity index (χ4v) is 0.283. The van der Waals surface area contributed by atoms with Crippen molar-refractivity contribution >= 4 is 8.38 Å². The molecule has 0 rings (SSSR count). The highest BCUT2D eigenvalue weighted by Gasteiger charge is 2.04. The highest BCUT2D eigenvalue weighted by atomic mass is 31.2. The van der Waals surface area contributed by atoms with Crippen LogP contribution in [0.2, 0.25) is 0 Å². The molecule has 3 nitrogen and oxygen atoms in total. The van der Waals surface area contributed by atoms with Gasteiger partial charge in [0.1, 0.15) is 0 Å². The molecule has 42 valence electrons. The number of hydrogen-bond donors (Lipinski definition) is 3. The molecule has 0 aromatic rings. The van der Waals surface area contributed by atoms with E-state index in [0.29, 0.717) is 0 Å². The van der Waals surface area contributed by atoms with Crippen LogP contribution in [0.3, 0.4) is 0 Å². The van der Waals surface area contributed by atoms with Crippen LogP contribution in [0.5, 0.6) is 0 Å². The predicted octanol–water partition coefficient (Wildman–Crippen LogP) is -0.246. The molecule has 0 amide bonds. The molecular weight excluding hydrogens is 113 g/mol. The van der Waals surface area contributed by atoms with Crippen LogP contribution < -0.4 is 5.73 Å². The Bertz CT molecular complexity index is 66.0. The monoisotopic (exact) mass is 121 g/mol. The third-order valence-corrected chi connectivity index (χ3v) is 1.25. The van der Waals surface area contributed by atoms with E-state index in [1.807, 2.05) is 0 Å². The average molecular weight is 121 g/mol. The van der Waals surface area contributed by atoms with E-state index in [1.165, 1.54) is 6.08 Å². The molecule has 0 saturated carbocycles. The molecule has 4 N–H and O–H groups in total. The van der Waals surface area contributed by atoms with Crippen molar-refractivity contribution in [3.05, 3.63) is 12.7 Å². The molecule has 0 heterocycles. The first-order valence-corrected chi connectivity index (χ1v) is 3.05. The molecule has 0 radical (unpaired) electrons. The quantitative estimate of drug-likeness (QED) is 0.348. The lowest BCUT2D eigenvalue weighted by molar-refractivity contribution is 0.474. The van der Waals surface area contributed by atoms with Gasteiger partial charge in [0.25, 0.3) is 0 Å². The Morgan fingerprint density at radius 3 is 2.14 bits per heavy atom. The Kier molecular flexibility index (Phi) is 3.13. The van der Waals surface area contributed by atoms with Crippen LogP contribution in [0.1, 0.15) is 0 Å². The first kappa shape index (κ1) is 7.05. The van der Waals surface area contributed by atoms with Crippen LogP contribution in [-0.2, 0) is 0 Å². The number of nitrogens with two attached hydrogens (primary N) is 1. The maximum Gasteiger partial charge on any atom is 0.187 e. The van der Waals surface area contributed by atoms with Crippen molar-refractivity contribution < 1.29 is 9.79 Å². The largest absolute Gasteiger partial charge is 0.349 e. The molecule has 0 bridgehead atoms. The van der Waals surface area contributed by atoms with Gasteiger partial charge >= 0.3 is 0 Å². The van der Waals surface area contributed by atoms with E-state index in [0.717, 1.165) is 0 Å². The van der Waals surface area contributed by atoms with Gasteiger partial charge in [-0.2, -0.15) is 0 Å². The third kappa shape index (κ3) is 2.71. The SMILES string of the molecule is C=CC(N)P(O)O. The third-order valence-electron chi connectivity index (χ3n) is 0.508. The van der Waals surface area contributed by atoms with Gasteiger partial charge in [-0.25, -0.2) is 0 Å². The Morgan fingerprint density at radius 2 is 2.14 bits per heavy atom. The van der Waals surface area contributed by atoms with Crippen LogP contribution in [0.4, 0.5) is 0 Å². The second kappa shape index (κ2) is 3.10. The minimum absolute atomic E-state index is 0.657. The summed E-state index contributed by atoms with van der Waals surface area (Å²) in [7, 11) is -2.00. The Balaban J connectivity index is 3.33. The average Bonchev–Trinajstić information content (AvgIpc) is 1.65. The molecule has 1 unspecified atom stereocenters. The van der Waals surface area contributed by atoms with E-state index in [9.17, 15) is 0 Å². The van der Waals surface area contributed by atoms with Crippen molar-refractivity contribution in [2.45, 2.75) is 5.78 Å². The van der Waals surface area contributed by atoms with Gasteiger partial charge in [0.2, 0.25) is 0 Å². The van der Waals surface area contributed by atoms with E-state index < -0.39 is 14.2 Å². The van der Waals surface area contributed by atoms with Gasteiger partial charge < -0.3 is 15.5 Å². The van der Waals surface area contributed by atoms with E-state index >= 15 is 0 Å². The molecule has 0 aromatic heterocycles. The van der Waals surface area contributed by atoms with Crippen LogP contribution in [-0.4, -0.2) is 15.6 Å². The molecule has 0 aliphatic carbocycles. The van der Waals surface area contributed by atoms with Gasteiger partial charge in [-0.1, -0.05) is 6.08 Å². The van der Waals surface area contributed by atoms with Crippen molar-refractivity contribution in [3.63, 3.8) is 0 Å². The summed E-state index contributed by atoms with van der Waals surface area (Å²) in [5, 5.41) is 0. The Hall–Kier alpha value is 0.0500. The summed E-state index contributed by atoms with van der Waals surface area (Å²) in [4.78, 5) is 16.5. The molecule has 0 spiro atoms. The van der Waals surface area contributed by atoms with Crippen molar-refractivity contribution in [2.24, 2.45) is 5.73 Å². The lowest BCUT2D eigenvalue weighted by Crippen LogP contribution is -2.12. The van der Waals surface area contributed by atoms with Crippen molar-refractivity contribution in [1.82, 2.24) is 0 Å². The van der Waals surface area contributed by atoms with Crippen molar-refractivity contribution in [1.29, 1.82) is 0 Å². The minimum atomic E-state index is -2.00. The molecular formula is C3H8NO2P. The summed E-state index contributed by atoms with van der Waals surface area (Å²) < 4.78 is 0. The topological polar surface area (TPSA) is 66.5 Å². The van der Waals surface area contributed by atoms with Crippen LogP contribution in [0.25, 0.3) is 0 Å². The van der Waals surface area contributed by atoms with Crippen molar-refractivity contribution in [2.75, 3.05) is 0 Å². The standard InChI is InChI=1S/C3H8NO2P/c1-2-3(4)7(5)6/h2-3,5-6H,1,4H2. The first-order valence-electron chi connectivity index (χ1n) is 1.73. The highest BCUT2D eigenvalue weighted by Crippen LogP contribution is 2.26. The zero-order valence-corrected chi connectivity index (χ0v) is 4.68. The number of rotatable bonds is 2. The van der Waals surface area contributed by atoms with Crippen LogP contribution in [0, 0.1) is 0 Å². The summed E-state index contributed by atoms with van der Waals surface area (Å²) in [6, 6.07) is 0. The molecule has 0 aliphatic heterocycles. The normalized spacial score (nSPS) is 14.3. The van der Waals surface area contributed by atoms with E-state index in [-0.39, 0.29) is 0 Å². The minimum Gasteiger partial charge on any atom is -0.349 e. The van der Waals surface area contributed by atoms with Gasteiger partial charge in [0, 0.05) is 0 Å². The molecule has 0 fully saturated rings. The fraction of sp³-hybridized carbons (Fsp3) is 0.333. The zero-order valence-electron chi connectivity index (χ0n) is 3.78. The Labute approximate surface area is 43.4 Å². The molecule has 7 heavy (non-hydrogen) atoms. The second-order valence-electron chi connectivity index (χ2n) is 1.05. The Morgan fingerprint density at radius 1 is 1.71 bits per heavy atom. The molecule has 0 aliphatic rings. The predicted molar refractivity (Wildman–Crippen MR) is 29.5 cm³/mol. The molecule has 0 aromatic carbocycles. The van der Waals surface area contributed by atoms with Gasteiger partial charge in [0.15, 0.2) is 8.38 Å². The van der Waals surface area contributed by atoms with E-state index in [2.05, 4.69) is 6.58 Å². The van der Waals surface area contributed by atoms with E-state index in [1.54, 1.807) is 0 Å². The smallest absolute Gasteiger partial charge is 0.187 e. The first-order chi connectivity index (χ1) is 3.18.